The minimum absolute atomic E-state index is 0.0188. The Morgan fingerprint density at radius 2 is 0.950 bits per heavy atom. The lowest BCUT2D eigenvalue weighted by atomic mass is 9.74. The van der Waals surface area contributed by atoms with Crippen molar-refractivity contribution in [2.75, 3.05) is 0 Å². The zero-order valence-electron chi connectivity index (χ0n) is 36.5. The predicted octanol–water partition coefficient (Wildman–Crippen LogP) is 12.9. The molecule has 7 heteroatoms. The molecule has 4 aromatic rings. The second-order valence-corrected chi connectivity index (χ2v) is 18.2. The summed E-state index contributed by atoms with van der Waals surface area (Å²) in [4.78, 5) is 12.6. The van der Waals surface area contributed by atoms with Crippen molar-refractivity contribution in [2.24, 2.45) is 35.5 Å². The van der Waals surface area contributed by atoms with E-state index in [0.717, 1.165) is 110 Å². The van der Waals surface area contributed by atoms with Gasteiger partial charge in [0.1, 0.15) is 5.78 Å². The molecule has 0 radical (unpaired) electrons. The number of Topliss-reactive ketones (excluding diaryl/α,β-unsaturated/α-hetero) is 1. The van der Waals surface area contributed by atoms with Crippen molar-refractivity contribution >= 4 is 5.78 Å². The number of hydrogen-bond acceptors (Lipinski definition) is 7. The van der Waals surface area contributed by atoms with E-state index in [9.17, 15) is 15.3 Å². The number of nitriles is 2. The Morgan fingerprint density at radius 1 is 0.550 bits per heavy atom. The molecule has 0 saturated heterocycles. The van der Waals surface area contributed by atoms with Crippen LogP contribution in [0.4, 0.5) is 0 Å². The number of carbonyl (C=O) groups excluding carboxylic acids is 1. The molecule has 2 atom stereocenters. The largest absolute Gasteiger partial charge is 0.300 e. The van der Waals surface area contributed by atoms with Gasteiger partial charge in [-0.1, -0.05) is 114 Å². The van der Waals surface area contributed by atoms with Crippen LogP contribution >= 0.6 is 0 Å². The van der Waals surface area contributed by atoms with Crippen LogP contribution in [0, 0.1) is 58.2 Å². The first-order chi connectivity index (χ1) is 29.4. The molecular formula is C53H68N6O. The zero-order chi connectivity index (χ0) is 41.9. The third kappa shape index (κ3) is 13.6. The number of rotatable bonds is 22. The predicted molar refractivity (Wildman–Crippen MR) is 241 cm³/mol. The van der Waals surface area contributed by atoms with Crippen LogP contribution in [0.3, 0.4) is 0 Å². The minimum atomic E-state index is 0.0188. The molecule has 0 amide bonds. The molecule has 2 aliphatic rings. The Morgan fingerprint density at radius 3 is 1.28 bits per heavy atom. The van der Waals surface area contributed by atoms with Gasteiger partial charge < -0.3 is 0 Å². The van der Waals surface area contributed by atoms with E-state index in [2.05, 4.69) is 94.9 Å². The topological polar surface area (TPSA) is 116 Å². The third-order valence-corrected chi connectivity index (χ3v) is 13.8. The highest BCUT2D eigenvalue weighted by Gasteiger charge is 2.29. The first-order valence-corrected chi connectivity index (χ1v) is 23.6. The molecule has 316 valence electrons. The van der Waals surface area contributed by atoms with Crippen LogP contribution < -0.4 is 0 Å². The van der Waals surface area contributed by atoms with Crippen molar-refractivity contribution in [1.29, 1.82) is 10.5 Å². The molecular weight excluding hydrogens is 737 g/mol. The fourth-order valence-corrected chi connectivity index (χ4v) is 10.0. The molecule has 2 heterocycles. The number of aryl methyl sites for hydroxylation is 2. The van der Waals surface area contributed by atoms with Crippen LogP contribution in [0.5, 0.6) is 0 Å². The van der Waals surface area contributed by atoms with Crippen LogP contribution in [0.2, 0.25) is 0 Å². The van der Waals surface area contributed by atoms with Gasteiger partial charge in [0, 0.05) is 36.8 Å². The monoisotopic (exact) mass is 805 g/mol. The maximum absolute atomic E-state index is 12.6. The lowest BCUT2D eigenvalue weighted by Gasteiger charge is -2.30. The molecule has 0 spiro atoms. The standard InChI is InChI=1S/C53H68N6O/c1-3-9-39-15-23-43(24-16-39)47(37-54)35-49-31-33-52(58-56-49)45-27-19-41(20-28-45)11-5-7-13-51(60)14-8-6-12-42-21-29-46(30-22-42)53-34-32-50(57-59-53)36-48(38-55)44-25-17-40(10-4-2)18-26-44/h19-22,27-34,39-40,43-44,47-48H,3-18,23-26,35-36H2,1-2H3/t39-,40-,43-,44-,47?,48?. The van der Waals surface area contributed by atoms with Crippen LogP contribution in [-0.2, 0) is 30.5 Å². The fourth-order valence-electron chi connectivity index (χ4n) is 10.0. The molecule has 2 aromatic carbocycles. The SMILES string of the molecule is CCC[C@H]1CC[C@H](C(C#N)Cc2ccc(-c3ccc(CCCCC(=O)CCCCc4ccc(-c5ccc(CC(C#N)[C@H]6CC[C@H](CCC)CC6)nn5)cc4)cc3)nn2)CC1. The van der Waals surface area contributed by atoms with Crippen molar-refractivity contribution in [3.63, 3.8) is 0 Å². The summed E-state index contributed by atoms with van der Waals surface area (Å²) in [5, 5.41) is 37.9. The summed E-state index contributed by atoms with van der Waals surface area (Å²) >= 11 is 0. The van der Waals surface area contributed by atoms with E-state index in [1.165, 1.54) is 62.5 Å². The number of nitrogens with zero attached hydrogens (tertiary/aromatic N) is 6. The highest BCUT2D eigenvalue weighted by Crippen LogP contribution is 2.38. The average molecular weight is 805 g/mol. The van der Waals surface area contributed by atoms with Crippen LogP contribution in [0.25, 0.3) is 22.5 Å². The maximum Gasteiger partial charge on any atom is 0.132 e. The van der Waals surface area contributed by atoms with E-state index >= 15 is 0 Å². The van der Waals surface area contributed by atoms with E-state index < -0.39 is 0 Å². The van der Waals surface area contributed by atoms with E-state index in [0.29, 0.717) is 43.3 Å². The highest BCUT2D eigenvalue weighted by molar-refractivity contribution is 5.78. The second kappa shape index (κ2) is 23.9. The van der Waals surface area contributed by atoms with Gasteiger partial charge in [0.25, 0.3) is 0 Å². The Kier molecular flexibility index (Phi) is 17.8. The van der Waals surface area contributed by atoms with Gasteiger partial charge in [-0.05, 0) is 123 Å². The summed E-state index contributed by atoms with van der Waals surface area (Å²) in [5.74, 6) is 3.05. The summed E-state index contributed by atoms with van der Waals surface area (Å²) in [6.07, 6.45) is 23.3. The van der Waals surface area contributed by atoms with Gasteiger partial charge >= 0.3 is 0 Å². The summed E-state index contributed by atoms with van der Waals surface area (Å²) in [6.45, 7) is 4.53. The molecule has 2 unspecified atom stereocenters. The first kappa shape index (κ1) is 44.8. The van der Waals surface area contributed by atoms with E-state index in [4.69, 9.17) is 0 Å². The van der Waals surface area contributed by atoms with Crippen LogP contribution in [0.1, 0.15) is 152 Å². The molecule has 60 heavy (non-hydrogen) atoms. The molecule has 2 saturated carbocycles. The van der Waals surface area contributed by atoms with Crippen molar-refractivity contribution < 1.29 is 4.79 Å². The number of hydrogen-bond donors (Lipinski definition) is 0. The van der Waals surface area contributed by atoms with Crippen LogP contribution in [-0.4, -0.2) is 26.2 Å². The van der Waals surface area contributed by atoms with Gasteiger partial charge in [-0.15, -0.1) is 0 Å². The van der Waals surface area contributed by atoms with Gasteiger partial charge in [0.2, 0.25) is 0 Å². The van der Waals surface area contributed by atoms with Gasteiger partial charge in [0.05, 0.1) is 46.7 Å². The molecule has 7 nitrogen and oxygen atoms in total. The lowest BCUT2D eigenvalue weighted by molar-refractivity contribution is -0.119. The van der Waals surface area contributed by atoms with Gasteiger partial charge in [-0.3, -0.25) is 4.79 Å². The first-order valence-electron chi connectivity index (χ1n) is 23.6. The molecule has 2 aliphatic carbocycles. The quantitative estimate of drug-likeness (QED) is 0.0726. The number of benzene rings is 2. The Hall–Kier alpha value is -4.75. The molecule has 0 N–H and O–H groups in total. The Labute approximate surface area is 360 Å². The van der Waals surface area contributed by atoms with Gasteiger partial charge in [-0.2, -0.15) is 30.9 Å². The maximum atomic E-state index is 12.6. The summed E-state index contributed by atoms with van der Waals surface area (Å²) in [6, 6.07) is 30.4. The summed E-state index contributed by atoms with van der Waals surface area (Å²) in [7, 11) is 0. The zero-order valence-corrected chi connectivity index (χ0v) is 36.5. The minimum Gasteiger partial charge on any atom is -0.300 e. The van der Waals surface area contributed by atoms with Crippen molar-refractivity contribution in [3.8, 4) is 34.7 Å². The molecule has 2 aromatic heterocycles. The molecule has 6 rings (SSSR count). The van der Waals surface area contributed by atoms with Crippen molar-refractivity contribution in [3.05, 3.63) is 95.3 Å². The average Bonchev–Trinajstić information content (AvgIpc) is 3.29. The summed E-state index contributed by atoms with van der Waals surface area (Å²) < 4.78 is 0. The smallest absolute Gasteiger partial charge is 0.132 e. The number of unbranched alkanes of at least 4 members (excludes halogenated alkanes) is 2. The van der Waals surface area contributed by atoms with Crippen LogP contribution in [0.15, 0.2) is 72.8 Å². The Balaban J connectivity index is 0.832. The second-order valence-electron chi connectivity index (χ2n) is 18.2. The molecule has 2 fully saturated rings. The fraction of sp³-hybridized carbons (Fsp3) is 0.566. The highest BCUT2D eigenvalue weighted by atomic mass is 16.1. The molecule has 0 aliphatic heterocycles. The van der Waals surface area contributed by atoms with Crippen molar-refractivity contribution in [1.82, 2.24) is 20.4 Å². The lowest BCUT2D eigenvalue weighted by Crippen LogP contribution is -2.23. The molecule has 0 bridgehead atoms. The third-order valence-electron chi connectivity index (χ3n) is 13.8. The number of carbonyl (C=O) groups is 1. The van der Waals surface area contributed by atoms with Crippen molar-refractivity contribution in [2.45, 2.75) is 155 Å². The van der Waals surface area contributed by atoms with E-state index in [1.54, 1.807) is 0 Å². The Bertz CT molecular complexity index is 1800. The van der Waals surface area contributed by atoms with Gasteiger partial charge in [0.15, 0.2) is 0 Å². The van der Waals surface area contributed by atoms with E-state index in [1.807, 2.05) is 24.3 Å². The number of aromatic nitrogens is 4. The summed E-state index contributed by atoms with van der Waals surface area (Å²) in [5.41, 5.74) is 8.16. The normalized spacial score (nSPS) is 20.1. The van der Waals surface area contributed by atoms with E-state index in [-0.39, 0.29) is 11.8 Å². The number of ketones is 1. The van der Waals surface area contributed by atoms with Gasteiger partial charge in [-0.25, -0.2) is 0 Å².